The van der Waals surface area contributed by atoms with E-state index in [4.69, 9.17) is 0 Å². The van der Waals surface area contributed by atoms with Crippen LogP contribution in [0.2, 0.25) is 0 Å². The van der Waals surface area contributed by atoms with Crippen LogP contribution < -0.4 is 4.90 Å². The number of nitrogens with zero attached hydrogens (tertiary/aromatic N) is 4. The number of thiazole rings is 1. The fourth-order valence-corrected chi connectivity index (χ4v) is 5.89. The van der Waals surface area contributed by atoms with Crippen LogP contribution in [0.15, 0.2) is 47.4 Å². The van der Waals surface area contributed by atoms with E-state index >= 15 is 0 Å². The molecule has 2 aromatic carbocycles. The Labute approximate surface area is 193 Å². The first kappa shape index (κ1) is 22.7. The monoisotopic (exact) mass is 472 g/mol. The van der Waals surface area contributed by atoms with Gasteiger partial charge in [-0.25, -0.2) is 17.7 Å². The van der Waals surface area contributed by atoms with Gasteiger partial charge in [0.2, 0.25) is 10.0 Å². The molecule has 1 amide bonds. The highest BCUT2D eigenvalue weighted by Crippen LogP contribution is 2.30. The van der Waals surface area contributed by atoms with Gasteiger partial charge in [-0.2, -0.15) is 0 Å². The van der Waals surface area contributed by atoms with Crippen molar-refractivity contribution in [1.82, 2.24) is 14.2 Å². The average molecular weight is 473 g/mol. The minimum Gasteiger partial charge on any atom is -0.371 e. The lowest BCUT2D eigenvalue weighted by molar-refractivity contribution is 0.0785. The van der Waals surface area contributed by atoms with Crippen LogP contribution in [0.3, 0.4) is 0 Å². The number of amides is 1. The van der Waals surface area contributed by atoms with Gasteiger partial charge in [0.05, 0.1) is 27.2 Å². The summed E-state index contributed by atoms with van der Waals surface area (Å²) < 4.78 is 27.7. The van der Waals surface area contributed by atoms with Gasteiger partial charge in [0, 0.05) is 39.9 Å². The zero-order chi connectivity index (χ0) is 22.9. The maximum atomic E-state index is 13.5. The van der Waals surface area contributed by atoms with Crippen molar-refractivity contribution in [2.24, 2.45) is 0 Å². The Balaban J connectivity index is 1.68. The molecule has 0 N–H and O–H groups in total. The molecule has 1 fully saturated rings. The molecule has 3 aromatic rings. The summed E-state index contributed by atoms with van der Waals surface area (Å²) in [6.45, 7) is 2.09. The lowest BCUT2D eigenvalue weighted by atomic mass is 10.1. The van der Waals surface area contributed by atoms with Crippen LogP contribution in [-0.4, -0.2) is 62.7 Å². The summed E-state index contributed by atoms with van der Waals surface area (Å²) in [7, 11) is 1.08. The van der Waals surface area contributed by atoms with Crippen LogP contribution in [0.1, 0.15) is 34.6 Å². The molecule has 1 aromatic heterocycles. The average Bonchev–Trinajstić information content (AvgIpc) is 3.20. The van der Waals surface area contributed by atoms with Gasteiger partial charge in [-0.1, -0.05) is 12.1 Å². The molecular weight excluding hydrogens is 444 g/mol. The van der Waals surface area contributed by atoms with Gasteiger partial charge in [-0.05, 0) is 49.6 Å². The van der Waals surface area contributed by atoms with Gasteiger partial charge >= 0.3 is 0 Å². The molecule has 0 unspecified atom stereocenters. The SMILES string of the molecule is CN(Cc1nc2ccccc2s1)C(=O)c1cc(S(=O)(=O)N(C)C)ccc1N1CCCCC1. The summed E-state index contributed by atoms with van der Waals surface area (Å²) >= 11 is 1.56. The molecule has 1 saturated heterocycles. The zero-order valence-corrected chi connectivity index (χ0v) is 20.2. The third-order valence-electron chi connectivity index (χ3n) is 5.73. The molecule has 4 rings (SSSR count). The van der Waals surface area contributed by atoms with Crippen LogP contribution in [0.5, 0.6) is 0 Å². The van der Waals surface area contributed by atoms with Gasteiger partial charge in [0.25, 0.3) is 5.91 Å². The number of benzene rings is 2. The van der Waals surface area contributed by atoms with Crippen LogP contribution in [0.4, 0.5) is 5.69 Å². The topological polar surface area (TPSA) is 73.8 Å². The molecule has 1 aliphatic rings. The lowest BCUT2D eigenvalue weighted by Crippen LogP contribution is -2.33. The number of anilines is 1. The number of piperidine rings is 1. The molecule has 170 valence electrons. The van der Waals surface area contributed by atoms with Crippen molar-refractivity contribution in [3.63, 3.8) is 0 Å². The Bertz CT molecular complexity index is 1200. The number of fused-ring (bicyclic) bond motifs is 1. The second-order valence-corrected chi connectivity index (χ2v) is 11.5. The standard InChI is InChI=1S/C23H28N4O3S2/c1-25(2)32(29,30)17-11-12-20(27-13-7-4-8-14-27)18(15-17)23(28)26(3)16-22-24-19-9-5-6-10-21(19)31-22/h5-6,9-12,15H,4,7-8,13-14,16H2,1-3H3. The fourth-order valence-electron chi connectivity index (χ4n) is 3.94. The number of carbonyl (C=O) groups is 1. The Hall–Kier alpha value is -2.49. The number of hydrogen-bond acceptors (Lipinski definition) is 6. The van der Waals surface area contributed by atoms with Crippen molar-refractivity contribution < 1.29 is 13.2 Å². The molecule has 0 saturated carbocycles. The predicted octanol–water partition coefficient (Wildman–Crippen LogP) is 3.81. The summed E-state index contributed by atoms with van der Waals surface area (Å²) in [4.78, 5) is 22.1. The number of aromatic nitrogens is 1. The van der Waals surface area contributed by atoms with Crippen LogP contribution >= 0.6 is 11.3 Å². The number of hydrogen-bond donors (Lipinski definition) is 0. The predicted molar refractivity (Wildman–Crippen MR) is 129 cm³/mol. The molecule has 0 spiro atoms. The molecule has 7 nitrogen and oxygen atoms in total. The summed E-state index contributed by atoms with van der Waals surface area (Å²) in [5, 5.41) is 0.846. The van der Waals surface area contributed by atoms with Gasteiger partial charge < -0.3 is 9.80 Å². The van der Waals surface area contributed by atoms with E-state index < -0.39 is 10.0 Å². The zero-order valence-electron chi connectivity index (χ0n) is 18.6. The summed E-state index contributed by atoms with van der Waals surface area (Å²) in [5.41, 5.74) is 2.13. The highest BCUT2D eigenvalue weighted by molar-refractivity contribution is 7.89. The molecule has 0 aliphatic carbocycles. The van der Waals surface area contributed by atoms with E-state index in [9.17, 15) is 13.2 Å². The van der Waals surface area contributed by atoms with Crippen molar-refractivity contribution in [2.45, 2.75) is 30.7 Å². The second-order valence-electron chi connectivity index (χ2n) is 8.25. The maximum Gasteiger partial charge on any atom is 0.256 e. The van der Waals surface area contributed by atoms with E-state index in [1.807, 2.05) is 24.3 Å². The molecule has 9 heteroatoms. The number of para-hydroxylation sites is 1. The van der Waals surface area contributed by atoms with Crippen LogP contribution in [0.25, 0.3) is 10.2 Å². The lowest BCUT2D eigenvalue weighted by Gasteiger charge is -2.31. The molecule has 0 radical (unpaired) electrons. The maximum absolute atomic E-state index is 13.5. The quantitative estimate of drug-likeness (QED) is 0.545. The van der Waals surface area contributed by atoms with E-state index in [2.05, 4.69) is 9.88 Å². The highest BCUT2D eigenvalue weighted by atomic mass is 32.2. The van der Waals surface area contributed by atoms with E-state index in [-0.39, 0.29) is 10.8 Å². The molecule has 2 heterocycles. The first-order valence-electron chi connectivity index (χ1n) is 10.7. The van der Waals surface area contributed by atoms with Gasteiger partial charge in [0.15, 0.2) is 0 Å². The van der Waals surface area contributed by atoms with E-state index in [0.29, 0.717) is 12.1 Å². The van der Waals surface area contributed by atoms with E-state index in [1.54, 1.807) is 35.4 Å². The molecular formula is C23H28N4O3S2. The third-order valence-corrected chi connectivity index (χ3v) is 8.56. The Morgan fingerprint density at radius 2 is 1.78 bits per heavy atom. The van der Waals surface area contributed by atoms with Crippen LogP contribution in [-0.2, 0) is 16.6 Å². The fraction of sp³-hybridized carbons (Fsp3) is 0.391. The highest BCUT2D eigenvalue weighted by Gasteiger charge is 2.26. The number of sulfonamides is 1. The Morgan fingerprint density at radius 1 is 1.06 bits per heavy atom. The molecule has 0 bridgehead atoms. The van der Waals surface area contributed by atoms with Crippen molar-refractivity contribution in [3.05, 3.63) is 53.0 Å². The minimum atomic E-state index is -3.65. The van der Waals surface area contributed by atoms with Gasteiger partial charge in [-0.3, -0.25) is 4.79 Å². The molecule has 0 atom stereocenters. The first-order valence-corrected chi connectivity index (χ1v) is 12.9. The third kappa shape index (κ3) is 4.51. The minimum absolute atomic E-state index is 0.125. The van der Waals surface area contributed by atoms with E-state index in [1.165, 1.54) is 30.9 Å². The molecule has 1 aliphatic heterocycles. The van der Waals surface area contributed by atoms with Crippen LogP contribution in [0, 0.1) is 0 Å². The first-order chi connectivity index (χ1) is 15.3. The van der Waals surface area contributed by atoms with Crippen molar-refractivity contribution in [1.29, 1.82) is 0 Å². The van der Waals surface area contributed by atoms with Crippen molar-refractivity contribution in [2.75, 3.05) is 39.1 Å². The largest absolute Gasteiger partial charge is 0.371 e. The summed E-state index contributed by atoms with van der Waals surface area (Å²) in [6.07, 6.45) is 3.30. The Kier molecular flexibility index (Phi) is 6.50. The number of carbonyl (C=O) groups excluding carboxylic acids is 1. The van der Waals surface area contributed by atoms with Gasteiger partial charge in [0.1, 0.15) is 5.01 Å². The van der Waals surface area contributed by atoms with Crippen molar-refractivity contribution >= 4 is 43.2 Å². The number of rotatable bonds is 6. The van der Waals surface area contributed by atoms with Crippen molar-refractivity contribution in [3.8, 4) is 0 Å². The normalized spacial score (nSPS) is 14.8. The summed E-state index contributed by atoms with van der Waals surface area (Å²) in [6, 6.07) is 12.8. The smallest absolute Gasteiger partial charge is 0.256 e. The van der Waals surface area contributed by atoms with E-state index in [0.717, 1.165) is 46.8 Å². The second kappa shape index (κ2) is 9.17. The van der Waals surface area contributed by atoms with Gasteiger partial charge in [-0.15, -0.1) is 11.3 Å². The summed E-state index contributed by atoms with van der Waals surface area (Å²) in [5.74, 6) is -0.208. The Morgan fingerprint density at radius 3 is 2.47 bits per heavy atom. The molecule has 32 heavy (non-hydrogen) atoms.